The van der Waals surface area contributed by atoms with E-state index < -0.39 is 0 Å². The van der Waals surface area contributed by atoms with Crippen LogP contribution in [0.4, 0.5) is 0 Å². The van der Waals surface area contributed by atoms with Gasteiger partial charge in [0.05, 0.1) is 0 Å². The Kier molecular flexibility index (Phi) is 4.27. The van der Waals surface area contributed by atoms with Gasteiger partial charge in [0.25, 0.3) is 0 Å². The number of nitrogens with zero attached hydrogens (tertiary/aromatic N) is 1. The molecule has 0 atom stereocenters. The molecule has 1 heterocycles. The Labute approximate surface area is 91.0 Å². The van der Waals surface area contributed by atoms with Crippen molar-refractivity contribution in [3.8, 4) is 0 Å². The molecule has 0 saturated carbocycles. The van der Waals surface area contributed by atoms with E-state index in [4.69, 9.17) is 0 Å². The van der Waals surface area contributed by atoms with Crippen LogP contribution in [-0.4, -0.2) is 35.8 Å². The maximum absolute atomic E-state index is 11.9. The van der Waals surface area contributed by atoms with Gasteiger partial charge >= 0.3 is 0 Å². The molecule has 4 heteroatoms. The Morgan fingerprint density at radius 3 is 2.20 bits per heavy atom. The van der Waals surface area contributed by atoms with Gasteiger partial charge in [0.2, 0.25) is 11.8 Å². The molecule has 1 saturated heterocycles. The van der Waals surface area contributed by atoms with Crippen molar-refractivity contribution in [2.75, 3.05) is 13.1 Å². The van der Waals surface area contributed by atoms with Crippen LogP contribution in [0.25, 0.3) is 0 Å². The average Bonchev–Trinajstić information content (AvgIpc) is 2.18. The minimum absolute atomic E-state index is 0.0469. The number of amides is 2. The van der Waals surface area contributed by atoms with Gasteiger partial charge in [-0.15, -0.1) is 0 Å². The van der Waals surface area contributed by atoms with Gasteiger partial charge in [-0.25, -0.2) is 0 Å². The molecule has 0 radical (unpaired) electrons. The number of nitrogens with one attached hydrogen (secondary N) is 1. The third-order valence-electron chi connectivity index (χ3n) is 2.74. The summed E-state index contributed by atoms with van der Waals surface area (Å²) in [6.07, 6.45) is 1.75. The van der Waals surface area contributed by atoms with Crippen LogP contribution in [0.15, 0.2) is 0 Å². The third-order valence-corrected chi connectivity index (χ3v) is 2.74. The highest BCUT2D eigenvalue weighted by Crippen LogP contribution is 2.15. The van der Waals surface area contributed by atoms with E-state index in [1.807, 2.05) is 13.8 Å². The molecule has 1 fully saturated rings. The smallest absolute Gasteiger partial charge is 0.231 e. The van der Waals surface area contributed by atoms with Crippen LogP contribution in [0.5, 0.6) is 0 Å². The monoisotopic (exact) mass is 212 g/mol. The van der Waals surface area contributed by atoms with E-state index in [2.05, 4.69) is 5.32 Å². The first-order valence-corrected chi connectivity index (χ1v) is 5.58. The van der Waals surface area contributed by atoms with Gasteiger partial charge in [0.15, 0.2) is 0 Å². The van der Waals surface area contributed by atoms with Crippen molar-refractivity contribution < 1.29 is 9.59 Å². The van der Waals surface area contributed by atoms with Crippen molar-refractivity contribution >= 4 is 11.8 Å². The van der Waals surface area contributed by atoms with Crippen molar-refractivity contribution in [2.45, 2.75) is 39.7 Å². The second-order valence-corrected chi connectivity index (χ2v) is 4.36. The number of hydrogen-bond acceptors (Lipinski definition) is 3. The quantitative estimate of drug-likeness (QED) is 0.735. The number of piperidine rings is 1. The summed E-state index contributed by atoms with van der Waals surface area (Å²) in [5, 5.41) is 3.23. The molecular formula is C11H20N2O2. The van der Waals surface area contributed by atoms with Gasteiger partial charge in [-0.05, 0) is 25.9 Å². The zero-order valence-corrected chi connectivity index (χ0v) is 9.75. The standard InChI is InChI=1S/C11H20N2O2/c1-8(2)11(15)13(9(3)14)10-4-6-12-7-5-10/h8,10,12H,4-7H2,1-3H3. The summed E-state index contributed by atoms with van der Waals surface area (Å²) < 4.78 is 0. The second-order valence-electron chi connectivity index (χ2n) is 4.36. The lowest BCUT2D eigenvalue weighted by molar-refractivity contribution is -0.149. The minimum Gasteiger partial charge on any atom is -0.317 e. The highest BCUT2D eigenvalue weighted by molar-refractivity contribution is 5.95. The Morgan fingerprint density at radius 2 is 1.80 bits per heavy atom. The normalized spacial score (nSPS) is 17.9. The lowest BCUT2D eigenvalue weighted by atomic mass is 10.0. The maximum atomic E-state index is 11.9. The number of carbonyl (C=O) groups is 2. The van der Waals surface area contributed by atoms with Crippen LogP contribution < -0.4 is 5.32 Å². The molecule has 86 valence electrons. The highest BCUT2D eigenvalue weighted by atomic mass is 16.2. The molecule has 2 amide bonds. The molecule has 0 aromatic rings. The number of imide groups is 1. The largest absolute Gasteiger partial charge is 0.317 e. The van der Waals surface area contributed by atoms with Gasteiger partial charge in [0, 0.05) is 18.9 Å². The van der Waals surface area contributed by atoms with E-state index in [1.165, 1.54) is 11.8 Å². The molecule has 15 heavy (non-hydrogen) atoms. The van der Waals surface area contributed by atoms with Crippen molar-refractivity contribution in [3.63, 3.8) is 0 Å². The molecule has 0 unspecified atom stereocenters. The molecule has 0 bridgehead atoms. The molecule has 0 aliphatic carbocycles. The molecular weight excluding hydrogens is 192 g/mol. The topological polar surface area (TPSA) is 49.4 Å². The van der Waals surface area contributed by atoms with Gasteiger partial charge in [-0.2, -0.15) is 0 Å². The molecule has 1 aliphatic rings. The molecule has 1 aliphatic heterocycles. The third kappa shape index (κ3) is 3.02. The van der Waals surface area contributed by atoms with Crippen LogP contribution in [0.3, 0.4) is 0 Å². The van der Waals surface area contributed by atoms with E-state index in [1.54, 1.807) is 0 Å². The Morgan fingerprint density at radius 1 is 1.27 bits per heavy atom. The Bertz CT molecular complexity index is 245. The van der Waals surface area contributed by atoms with E-state index in [-0.39, 0.29) is 23.8 Å². The molecule has 0 aromatic heterocycles. The zero-order valence-electron chi connectivity index (χ0n) is 9.75. The van der Waals surface area contributed by atoms with E-state index in [0.29, 0.717) is 0 Å². The summed E-state index contributed by atoms with van der Waals surface area (Å²) in [6, 6.07) is 0.0960. The summed E-state index contributed by atoms with van der Waals surface area (Å²) >= 11 is 0. The van der Waals surface area contributed by atoms with Gasteiger partial charge in [-0.1, -0.05) is 13.8 Å². The van der Waals surface area contributed by atoms with Gasteiger partial charge < -0.3 is 5.32 Å². The second kappa shape index (κ2) is 5.26. The maximum Gasteiger partial charge on any atom is 0.231 e. The first kappa shape index (κ1) is 12.2. The van der Waals surface area contributed by atoms with Crippen LogP contribution in [-0.2, 0) is 9.59 Å². The van der Waals surface area contributed by atoms with Crippen molar-refractivity contribution in [1.29, 1.82) is 0 Å². The van der Waals surface area contributed by atoms with Crippen LogP contribution in [0.2, 0.25) is 0 Å². The summed E-state index contributed by atoms with van der Waals surface area (Å²) in [5.74, 6) is -0.279. The van der Waals surface area contributed by atoms with Crippen molar-refractivity contribution in [1.82, 2.24) is 10.2 Å². The van der Waals surface area contributed by atoms with Crippen molar-refractivity contribution in [3.05, 3.63) is 0 Å². The SMILES string of the molecule is CC(=O)N(C(=O)C(C)C)C1CCNCC1. The lowest BCUT2D eigenvalue weighted by Gasteiger charge is -2.33. The van der Waals surface area contributed by atoms with Crippen LogP contribution in [0, 0.1) is 5.92 Å². The van der Waals surface area contributed by atoms with Crippen LogP contribution in [0.1, 0.15) is 33.6 Å². The molecule has 0 aromatic carbocycles. The molecule has 4 nitrogen and oxygen atoms in total. The first-order valence-electron chi connectivity index (χ1n) is 5.58. The zero-order chi connectivity index (χ0) is 11.4. The number of rotatable bonds is 2. The summed E-state index contributed by atoms with van der Waals surface area (Å²) in [5.41, 5.74) is 0. The van der Waals surface area contributed by atoms with Crippen molar-refractivity contribution in [2.24, 2.45) is 5.92 Å². The summed E-state index contributed by atoms with van der Waals surface area (Å²) in [6.45, 7) is 6.92. The minimum atomic E-state index is -0.124. The first-order chi connectivity index (χ1) is 7.04. The highest BCUT2D eigenvalue weighted by Gasteiger charge is 2.29. The average molecular weight is 212 g/mol. The predicted molar refractivity (Wildman–Crippen MR) is 58.3 cm³/mol. The molecule has 1 N–H and O–H groups in total. The van der Waals surface area contributed by atoms with E-state index in [9.17, 15) is 9.59 Å². The Hall–Kier alpha value is -0.900. The number of carbonyl (C=O) groups excluding carboxylic acids is 2. The Balaban J connectivity index is 2.72. The summed E-state index contributed by atoms with van der Waals surface area (Å²) in [7, 11) is 0. The van der Waals surface area contributed by atoms with Gasteiger partial charge in [0.1, 0.15) is 0 Å². The fourth-order valence-corrected chi connectivity index (χ4v) is 1.94. The van der Waals surface area contributed by atoms with Crippen LogP contribution >= 0.6 is 0 Å². The fraction of sp³-hybridized carbons (Fsp3) is 0.818. The number of hydrogen-bond donors (Lipinski definition) is 1. The molecule has 0 spiro atoms. The van der Waals surface area contributed by atoms with Gasteiger partial charge in [-0.3, -0.25) is 14.5 Å². The van der Waals surface area contributed by atoms with E-state index >= 15 is 0 Å². The molecule has 1 rings (SSSR count). The summed E-state index contributed by atoms with van der Waals surface area (Å²) in [4.78, 5) is 24.8. The fourth-order valence-electron chi connectivity index (χ4n) is 1.94. The lowest BCUT2D eigenvalue weighted by Crippen LogP contribution is -2.49. The predicted octanol–water partition coefficient (Wildman–Crippen LogP) is 0.770. The van der Waals surface area contributed by atoms with E-state index in [0.717, 1.165) is 25.9 Å².